The third kappa shape index (κ3) is 6.21. The van der Waals surface area contributed by atoms with Crippen molar-refractivity contribution < 1.29 is 19.1 Å². The molecule has 0 radical (unpaired) electrons. The van der Waals surface area contributed by atoms with Crippen molar-refractivity contribution in [1.29, 1.82) is 0 Å². The fraction of sp³-hybridized carbons (Fsp3) is 0.182. The molecular formula is C11H12ClN3O4S. The van der Waals surface area contributed by atoms with Crippen molar-refractivity contribution in [1.82, 2.24) is 16.2 Å². The molecule has 7 nitrogen and oxygen atoms in total. The van der Waals surface area contributed by atoms with Crippen molar-refractivity contribution in [2.75, 3.05) is 13.7 Å². The van der Waals surface area contributed by atoms with Gasteiger partial charge in [-0.1, -0.05) is 11.6 Å². The summed E-state index contributed by atoms with van der Waals surface area (Å²) in [6.07, 6.45) is -0.737. The van der Waals surface area contributed by atoms with E-state index in [1.165, 1.54) is 7.11 Å². The highest BCUT2D eigenvalue weighted by Gasteiger charge is 2.06. The molecular weight excluding hydrogens is 306 g/mol. The molecule has 0 aliphatic rings. The number of benzene rings is 1. The summed E-state index contributed by atoms with van der Waals surface area (Å²) >= 11 is 10.5. The number of methoxy groups -OCH3 is 1. The maximum Gasteiger partial charge on any atom is 0.425 e. The Bertz CT molecular complexity index is 495. The molecule has 1 aromatic rings. The number of nitrogens with one attached hydrogen (secondary N) is 3. The highest BCUT2D eigenvalue weighted by Crippen LogP contribution is 2.15. The lowest BCUT2D eigenvalue weighted by Gasteiger charge is -2.10. The van der Waals surface area contributed by atoms with Crippen LogP contribution in [-0.2, 0) is 9.53 Å². The zero-order valence-electron chi connectivity index (χ0n) is 10.4. The number of hydrazine groups is 1. The van der Waals surface area contributed by atoms with Gasteiger partial charge < -0.3 is 9.47 Å². The van der Waals surface area contributed by atoms with Crippen LogP contribution in [0.25, 0.3) is 0 Å². The molecule has 0 aliphatic heterocycles. The van der Waals surface area contributed by atoms with Crippen LogP contribution >= 0.6 is 23.8 Å². The number of ether oxygens (including phenoxy) is 2. The second-order valence-electron chi connectivity index (χ2n) is 3.36. The van der Waals surface area contributed by atoms with Gasteiger partial charge in [-0.2, -0.15) is 0 Å². The van der Waals surface area contributed by atoms with E-state index in [0.717, 1.165) is 0 Å². The van der Waals surface area contributed by atoms with Crippen LogP contribution in [0.3, 0.4) is 0 Å². The van der Waals surface area contributed by atoms with Crippen molar-refractivity contribution in [3.63, 3.8) is 0 Å². The summed E-state index contributed by atoms with van der Waals surface area (Å²) in [4.78, 5) is 22.2. The number of hydrogen-bond donors (Lipinski definition) is 3. The molecule has 0 spiro atoms. The highest BCUT2D eigenvalue weighted by molar-refractivity contribution is 7.80. The van der Waals surface area contributed by atoms with Gasteiger partial charge in [-0.15, -0.1) is 0 Å². The van der Waals surface area contributed by atoms with Crippen LogP contribution in [0.5, 0.6) is 5.75 Å². The Balaban J connectivity index is 2.27. The van der Waals surface area contributed by atoms with Gasteiger partial charge in [0.2, 0.25) is 0 Å². The van der Waals surface area contributed by atoms with Gasteiger partial charge in [0.05, 0.1) is 7.11 Å². The Morgan fingerprint density at radius 2 is 1.90 bits per heavy atom. The van der Waals surface area contributed by atoms with Crippen molar-refractivity contribution in [3.8, 4) is 5.75 Å². The molecule has 0 unspecified atom stereocenters. The van der Waals surface area contributed by atoms with Crippen LogP contribution in [0, 0.1) is 0 Å². The Kier molecular flexibility index (Phi) is 6.54. The van der Waals surface area contributed by atoms with E-state index in [1.807, 2.05) is 0 Å². The molecule has 0 bridgehead atoms. The Labute approximate surface area is 125 Å². The molecule has 0 heterocycles. The van der Waals surface area contributed by atoms with Gasteiger partial charge in [0.1, 0.15) is 5.75 Å². The first-order chi connectivity index (χ1) is 9.51. The van der Waals surface area contributed by atoms with Gasteiger partial charge in [-0.3, -0.25) is 15.5 Å². The minimum absolute atomic E-state index is 0.0832. The van der Waals surface area contributed by atoms with Crippen LogP contribution in [0.15, 0.2) is 24.3 Å². The van der Waals surface area contributed by atoms with Crippen molar-refractivity contribution >= 4 is 40.9 Å². The van der Waals surface area contributed by atoms with E-state index in [-0.39, 0.29) is 11.7 Å². The second kappa shape index (κ2) is 8.18. The van der Waals surface area contributed by atoms with E-state index in [2.05, 4.69) is 20.9 Å². The monoisotopic (exact) mass is 317 g/mol. The van der Waals surface area contributed by atoms with Crippen LogP contribution < -0.4 is 20.9 Å². The Morgan fingerprint density at radius 1 is 1.25 bits per heavy atom. The lowest BCUT2D eigenvalue weighted by atomic mass is 10.3. The van der Waals surface area contributed by atoms with Crippen molar-refractivity contribution in [2.45, 2.75) is 0 Å². The number of amides is 2. The molecule has 0 fully saturated rings. The lowest BCUT2D eigenvalue weighted by molar-refractivity contribution is -0.121. The molecule has 0 aliphatic carbocycles. The summed E-state index contributed by atoms with van der Waals surface area (Å²) < 4.78 is 9.50. The summed E-state index contributed by atoms with van der Waals surface area (Å²) in [7, 11) is 1.19. The molecule has 1 aromatic carbocycles. The molecule has 9 heteroatoms. The molecule has 3 N–H and O–H groups in total. The predicted molar refractivity (Wildman–Crippen MR) is 76.4 cm³/mol. The van der Waals surface area contributed by atoms with Gasteiger partial charge >= 0.3 is 6.09 Å². The highest BCUT2D eigenvalue weighted by atomic mass is 35.5. The molecule has 108 valence electrons. The van der Waals surface area contributed by atoms with Gasteiger partial charge in [0.25, 0.3) is 5.91 Å². The topological polar surface area (TPSA) is 88.7 Å². The quantitative estimate of drug-likeness (QED) is 0.569. The Hall–Kier alpha value is -2.06. The van der Waals surface area contributed by atoms with Crippen molar-refractivity contribution in [2.24, 2.45) is 0 Å². The van der Waals surface area contributed by atoms with E-state index in [1.54, 1.807) is 24.3 Å². The first-order valence-corrected chi connectivity index (χ1v) is 6.12. The summed E-state index contributed by atoms with van der Waals surface area (Å²) in [6.45, 7) is -0.234. The first-order valence-electron chi connectivity index (χ1n) is 5.33. The molecule has 0 saturated carbocycles. The maximum absolute atomic E-state index is 11.5. The molecule has 1 rings (SSSR count). The smallest absolute Gasteiger partial charge is 0.425 e. The number of hydrogen-bond acceptors (Lipinski definition) is 5. The van der Waals surface area contributed by atoms with E-state index >= 15 is 0 Å². The number of carbonyl (C=O) groups excluding carboxylic acids is 2. The third-order valence-corrected chi connectivity index (χ3v) is 2.36. The Morgan fingerprint density at radius 3 is 2.50 bits per heavy atom. The van der Waals surface area contributed by atoms with Crippen LogP contribution in [-0.4, -0.2) is 30.8 Å². The molecule has 2 amide bonds. The summed E-state index contributed by atoms with van der Waals surface area (Å²) in [5.41, 5.74) is 4.37. The van der Waals surface area contributed by atoms with Crippen LogP contribution in [0.1, 0.15) is 0 Å². The number of halogens is 1. The zero-order chi connectivity index (χ0) is 15.0. The SMILES string of the molecule is COC(=O)NNC(=S)NC(=O)COc1ccc(Cl)cc1. The van der Waals surface area contributed by atoms with Gasteiger partial charge in [0, 0.05) is 5.02 Å². The van der Waals surface area contributed by atoms with Gasteiger partial charge in [-0.05, 0) is 36.5 Å². The molecule has 20 heavy (non-hydrogen) atoms. The number of carbonyl (C=O) groups is 2. The van der Waals surface area contributed by atoms with E-state index in [4.69, 9.17) is 28.6 Å². The predicted octanol–water partition coefficient (Wildman–Crippen LogP) is 0.981. The number of rotatable bonds is 3. The molecule has 0 aromatic heterocycles. The molecule has 0 saturated heterocycles. The summed E-state index contributed by atoms with van der Waals surface area (Å²) in [5.74, 6) is 0.0141. The van der Waals surface area contributed by atoms with Crippen LogP contribution in [0.4, 0.5) is 4.79 Å². The average Bonchev–Trinajstić information content (AvgIpc) is 2.44. The van der Waals surface area contributed by atoms with E-state index in [9.17, 15) is 9.59 Å². The average molecular weight is 318 g/mol. The maximum atomic E-state index is 11.5. The van der Waals surface area contributed by atoms with Gasteiger partial charge in [-0.25, -0.2) is 10.2 Å². The van der Waals surface area contributed by atoms with Crippen LogP contribution in [0.2, 0.25) is 5.02 Å². The minimum Gasteiger partial charge on any atom is -0.484 e. The standard InChI is InChI=1S/C11H12ClN3O4S/c1-18-11(17)15-14-10(20)13-9(16)6-19-8-4-2-7(12)3-5-8/h2-5H,6H2,1H3,(H,15,17)(H2,13,14,16,20). The summed E-state index contributed by atoms with van der Waals surface area (Å²) in [5, 5.41) is 2.79. The first kappa shape index (κ1) is 16.0. The lowest BCUT2D eigenvalue weighted by Crippen LogP contribution is -2.49. The fourth-order valence-electron chi connectivity index (χ4n) is 1.03. The van der Waals surface area contributed by atoms with E-state index in [0.29, 0.717) is 10.8 Å². The fourth-order valence-corrected chi connectivity index (χ4v) is 1.32. The molecule has 0 atom stereocenters. The minimum atomic E-state index is -0.737. The third-order valence-electron chi connectivity index (χ3n) is 1.90. The number of thiocarbonyl (C=S) groups is 1. The second-order valence-corrected chi connectivity index (χ2v) is 4.21. The summed E-state index contributed by atoms with van der Waals surface area (Å²) in [6, 6.07) is 6.54. The zero-order valence-corrected chi connectivity index (χ0v) is 12.0. The van der Waals surface area contributed by atoms with Gasteiger partial charge in [0.15, 0.2) is 11.7 Å². The van der Waals surface area contributed by atoms with E-state index < -0.39 is 12.0 Å². The van der Waals surface area contributed by atoms with Crippen molar-refractivity contribution in [3.05, 3.63) is 29.3 Å². The normalized spacial score (nSPS) is 9.30. The largest absolute Gasteiger partial charge is 0.484 e.